The van der Waals surface area contributed by atoms with E-state index in [9.17, 15) is 4.79 Å². The lowest BCUT2D eigenvalue weighted by Crippen LogP contribution is -2.13. The number of hydrogen-bond acceptors (Lipinski definition) is 1. The molecular weight excluding hydrogens is 306 g/mol. The maximum Gasteiger partial charge on any atom is 0.165 e. The van der Waals surface area contributed by atoms with Crippen LogP contribution in [0.1, 0.15) is 45.7 Å². The number of aromatic nitrogens is 1. The van der Waals surface area contributed by atoms with Crippen LogP contribution in [0, 0.1) is 20.8 Å². The number of nitrogens with zero attached hydrogens (tertiary/aromatic N) is 1. The van der Waals surface area contributed by atoms with Gasteiger partial charge in [-0.05, 0) is 50.8 Å². The fraction of sp³-hybridized carbons (Fsp3) is 0.261. The molecule has 25 heavy (non-hydrogen) atoms. The van der Waals surface area contributed by atoms with Crippen molar-refractivity contribution in [1.29, 1.82) is 0 Å². The topological polar surface area (TPSA) is 22.0 Å². The Morgan fingerprint density at radius 2 is 1.64 bits per heavy atom. The summed E-state index contributed by atoms with van der Waals surface area (Å²) in [6.45, 7) is 6.42. The molecule has 0 amide bonds. The summed E-state index contributed by atoms with van der Waals surface area (Å²) in [5.74, 6) is 0.284. The van der Waals surface area contributed by atoms with Crippen LogP contribution in [0.3, 0.4) is 0 Å². The van der Waals surface area contributed by atoms with Gasteiger partial charge in [-0.1, -0.05) is 48.0 Å². The Morgan fingerprint density at radius 3 is 2.36 bits per heavy atom. The number of carbonyl (C=O) groups is 1. The predicted molar refractivity (Wildman–Crippen MR) is 103 cm³/mol. The van der Waals surface area contributed by atoms with E-state index in [1.807, 2.05) is 18.2 Å². The van der Waals surface area contributed by atoms with Crippen molar-refractivity contribution >= 4 is 5.78 Å². The summed E-state index contributed by atoms with van der Waals surface area (Å²) in [6, 6.07) is 16.9. The number of ketones is 1. The molecule has 0 N–H and O–H groups in total. The molecule has 2 nitrogen and oxygen atoms in total. The Balaban J connectivity index is 2.05. The fourth-order valence-electron chi connectivity index (χ4n) is 4.17. The lowest BCUT2D eigenvalue weighted by atomic mass is 9.90. The van der Waals surface area contributed by atoms with E-state index in [0.29, 0.717) is 6.42 Å². The number of fused-ring (bicyclic) bond motifs is 1. The zero-order valence-corrected chi connectivity index (χ0v) is 15.1. The molecule has 1 aromatic heterocycles. The van der Waals surface area contributed by atoms with Crippen LogP contribution in [0.4, 0.5) is 0 Å². The SMILES string of the molecule is Cc1ccc(-n2c(C)c(-c3ccccc3)c3c2CCCC3=O)c(C)c1. The van der Waals surface area contributed by atoms with Crippen molar-refractivity contribution < 1.29 is 4.79 Å². The van der Waals surface area contributed by atoms with E-state index in [1.54, 1.807) is 0 Å². The highest BCUT2D eigenvalue weighted by molar-refractivity contribution is 6.05. The average Bonchev–Trinajstić information content (AvgIpc) is 2.89. The van der Waals surface area contributed by atoms with E-state index in [4.69, 9.17) is 0 Å². The van der Waals surface area contributed by atoms with E-state index in [1.165, 1.54) is 28.2 Å². The maximum atomic E-state index is 12.8. The van der Waals surface area contributed by atoms with Crippen LogP contribution in [0.15, 0.2) is 48.5 Å². The van der Waals surface area contributed by atoms with Gasteiger partial charge < -0.3 is 4.57 Å². The second-order valence-corrected chi connectivity index (χ2v) is 7.05. The van der Waals surface area contributed by atoms with Gasteiger partial charge in [-0.3, -0.25) is 4.79 Å². The van der Waals surface area contributed by atoms with Crippen molar-refractivity contribution in [2.75, 3.05) is 0 Å². The van der Waals surface area contributed by atoms with Gasteiger partial charge in [-0.25, -0.2) is 0 Å². The van der Waals surface area contributed by atoms with Gasteiger partial charge in [0.05, 0.1) is 0 Å². The standard InChI is InChI=1S/C23H23NO/c1-15-12-13-19(16(2)14-15)24-17(3)22(18-8-5-4-6-9-18)23-20(24)10-7-11-21(23)25/h4-6,8-9,12-14H,7,10-11H2,1-3H3. The van der Waals surface area contributed by atoms with Gasteiger partial charge >= 0.3 is 0 Å². The number of aryl methyl sites for hydroxylation is 2. The predicted octanol–water partition coefficient (Wildman–Crippen LogP) is 5.59. The Kier molecular flexibility index (Phi) is 3.84. The third-order valence-corrected chi connectivity index (χ3v) is 5.26. The number of benzene rings is 2. The van der Waals surface area contributed by atoms with Crippen LogP contribution < -0.4 is 0 Å². The summed E-state index contributed by atoms with van der Waals surface area (Å²) in [5, 5.41) is 0. The molecule has 0 atom stereocenters. The summed E-state index contributed by atoms with van der Waals surface area (Å²) in [6.07, 6.45) is 2.56. The smallest absolute Gasteiger partial charge is 0.165 e. The zero-order valence-electron chi connectivity index (χ0n) is 15.1. The Bertz CT molecular complexity index is 964. The largest absolute Gasteiger partial charge is 0.317 e. The molecule has 2 aromatic carbocycles. The fourth-order valence-corrected chi connectivity index (χ4v) is 4.17. The van der Waals surface area contributed by atoms with Crippen molar-refractivity contribution in [1.82, 2.24) is 4.57 Å². The van der Waals surface area contributed by atoms with Crippen LogP contribution in [-0.4, -0.2) is 10.4 Å². The number of Topliss-reactive ketones (excluding diaryl/α,β-unsaturated/α-hetero) is 1. The lowest BCUT2D eigenvalue weighted by Gasteiger charge is -2.18. The highest BCUT2D eigenvalue weighted by atomic mass is 16.1. The van der Waals surface area contributed by atoms with Gasteiger partial charge in [0, 0.05) is 34.6 Å². The van der Waals surface area contributed by atoms with Gasteiger partial charge in [0.25, 0.3) is 0 Å². The summed E-state index contributed by atoms with van der Waals surface area (Å²) in [5.41, 5.74) is 9.23. The lowest BCUT2D eigenvalue weighted by molar-refractivity contribution is 0.0973. The minimum absolute atomic E-state index is 0.284. The van der Waals surface area contributed by atoms with Gasteiger partial charge in [0.1, 0.15) is 0 Å². The van der Waals surface area contributed by atoms with E-state index in [2.05, 4.69) is 55.7 Å². The van der Waals surface area contributed by atoms with Crippen LogP contribution in [-0.2, 0) is 6.42 Å². The second-order valence-electron chi connectivity index (χ2n) is 7.05. The minimum Gasteiger partial charge on any atom is -0.317 e. The molecule has 2 heteroatoms. The molecular formula is C23H23NO. The molecule has 0 fully saturated rings. The molecule has 4 rings (SSSR count). The molecule has 126 valence electrons. The quantitative estimate of drug-likeness (QED) is 0.601. The first-order valence-corrected chi connectivity index (χ1v) is 8.98. The van der Waals surface area contributed by atoms with Crippen LogP contribution in [0.2, 0.25) is 0 Å². The molecule has 1 heterocycles. The Morgan fingerprint density at radius 1 is 0.880 bits per heavy atom. The van der Waals surface area contributed by atoms with Gasteiger partial charge in [0.2, 0.25) is 0 Å². The van der Waals surface area contributed by atoms with Crippen LogP contribution in [0.5, 0.6) is 0 Å². The van der Waals surface area contributed by atoms with Crippen LogP contribution >= 0.6 is 0 Å². The van der Waals surface area contributed by atoms with Gasteiger partial charge in [0.15, 0.2) is 5.78 Å². The zero-order chi connectivity index (χ0) is 17.6. The molecule has 0 saturated heterocycles. The second kappa shape index (κ2) is 6.03. The first-order chi connectivity index (χ1) is 12.1. The van der Waals surface area contributed by atoms with Crippen LogP contribution in [0.25, 0.3) is 16.8 Å². The normalized spacial score (nSPS) is 13.8. The van der Waals surface area contributed by atoms with Gasteiger partial charge in [-0.15, -0.1) is 0 Å². The van der Waals surface area contributed by atoms with Crippen molar-refractivity contribution in [3.8, 4) is 16.8 Å². The first kappa shape index (κ1) is 15.9. The summed E-state index contributed by atoms with van der Waals surface area (Å²) >= 11 is 0. The highest BCUT2D eigenvalue weighted by Crippen LogP contribution is 2.39. The summed E-state index contributed by atoms with van der Waals surface area (Å²) < 4.78 is 2.32. The number of rotatable bonds is 2. The summed E-state index contributed by atoms with van der Waals surface area (Å²) in [4.78, 5) is 12.8. The van der Waals surface area contributed by atoms with Crippen molar-refractivity contribution in [3.63, 3.8) is 0 Å². The Hall–Kier alpha value is -2.61. The van der Waals surface area contributed by atoms with E-state index < -0.39 is 0 Å². The monoisotopic (exact) mass is 329 g/mol. The Labute approximate surface area is 149 Å². The third-order valence-electron chi connectivity index (χ3n) is 5.26. The average molecular weight is 329 g/mol. The number of hydrogen-bond donors (Lipinski definition) is 0. The molecule has 0 saturated carbocycles. The molecule has 0 spiro atoms. The van der Waals surface area contributed by atoms with Crippen molar-refractivity contribution in [3.05, 3.63) is 76.6 Å². The molecule has 1 aliphatic carbocycles. The minimum atomic E-state index is 0.284. The molecule has 0 aliphatic heterocycles. The van der Waals surface area contributed by atoms with Crippen molar-refractivity contribution in [2.45, 2.75) is 40.0 Å². The number of carbonyl (C=O) groups excluding carboxylic acids is 1. The molecule has 1 aliphatic rings. The first-order valence-electron chi connectivity index (χ1n) is 8.98. The molecule has 0 unspecified atom stereocenters. The summed E-state index contributed by atoms with van der Waals surface area (Å²) in [7, 11) is 0. The molecule has 0 radical (unpaired) electrons. The molecule has 0 bridgehead atoms. The molecule has 3 aromatic rings. The van der Waals surface area contributed by atoms with E-state index >= 15 is 0 Å². The maximum absolute atomic E-state index is 12.8. The van der Waals surface area contributed by atoms with E-state index in [-0.39, 0.29) is 5.78 Å². The van der Waals surface area contributed by atoms with E-state index in [0.717, 1.165) is 29.5 Å². The third kappa shape index (κ3) is 2.53. The highest BCUT2D eigenvalue weighted by Gasteiger charge is 2.29. The van der Waals surface area contributed by atoms with Crippen molar-refractivity contribution in [2.24, 2.45) is 0 Å². The van der Waals surface area contributed by atoms with Gasteiger partial charge in [-0.2, -0.15) is 0 Å².